The number of carboxylic acids is 1. The summed E-state index contributed by atoms with van der Waals surface area (Å²) in [6.07, 6.45) is 0. The van der Waals surface area contributed by atoms with Crippen LogP contribution >= 0.6 is 0 Å². The van der Waals surface area contributed by atoms with Gasteiger partial charge in [0.25, 0.3) is 0 Å². The van der Waals surface area contributed by atoms with Gasteiger partial charge in [0, 0.05) is 17.5 Å². The number of nitrogens with one attached hydrogen (secondary N) is 1. The molecule has 28 heavy (non-hydrogen) atoms. The Balaban J connectivity index is 1.66. The minimum absolute atomic E-state index is 0.0566. The quantitative estimate of drug-likeness (QED) is 0.531. The van der Waals surface area contributed by atoms with E-state index in [0.29, 0.717) is 16.5 Å². The van der Waals surface area contributed by atoms with Crippen molar-refractivity contribution in [3.05, 3.63) is 77.6 Å². The van der Waals surface area contributed by atoms with Crippen LogP contribution in [-0.4, -0.2) is 19.5 Å². The predicted molar refractivity (Wildman–Crippen MR) is 106 cm³/mol. The third-order valence-corrected chi connectivity index (χ3v) is 6.14. The molecule has 3 aromatic carbocycles. The average molecular weight is 395 g/mol. The van der Waals surface area contributed by atoms with Crippen LogP contribution in [0.3, 0.4) is 0 Å². The van der Waals surface area contributed by atoms with Crippen molar-refractivity contribution >= 4 is 37.7 Å². The predicted octanol–water partition coefficient (Wildman–Crippen LogP) is 4.07. The van der Waals surface area contributed by atoms with Crippen molar-refractivity contribution in [2.24, 2.45) is 0 Å². The molecule has 0 spiro atoms. The molecule has 1 aromatic heterocycles. The molecule has 0 aliphatic heterocycles. The molecular formula is C21H17NO5S. The number of sulfonamides is 1. The van der Waals surface area contributed by atoms with Gasteiger partial charge in [-0.25, -0.2) is 17.9 Å². The molecule has 0 saturated heterocycles. The van der Waals surface area contributed by atoms with Gasteiger partial charge in [-0.3, -0.25) is 0 Å². The van der Waals surface area contributed by atoms with Crippen molar-refractivity contribution in [3.63, 3.8) is 0 Å². The molecule has 4 aromatic rings. The van der Waals surface area contributed by atoms with Crippen molar-refractivity contribution in [1.29, 1.82) is 0 Å². The number of benzene rings is 3. The number of rotatable bonds is 5. The van der Waals surface area contributed by atoms with E-state index in [-0.39, 0.29) is 17.2 Å². The Hall–Kier alpha value is -3.16. The summed E-state index contributed by atoms with van der Waals surface area (Å²) in [5, 5.41) is 11.7. The van der Waals surface area contributed by atoms with E-state index in [9.17, 15) is 13.2 Å². The number of carboxylic acid groups (broad SMARTS) is 1. The maximum Gasteiger partial charge on any atom is 0.372 e. The van der Waals surface area contributed by atoms with Gasteiger partial charge in [0.15, 0.2) is 0 Å². The van der Waals surface area contributed by atoms with Gasteiger partial charge in [-0.05, 0) is 41.5 Å². The first-order chi connectivity index (χ1) is 13.4. The molecule has 0 unspecified atom stereocenters. The normalized spacial score (nSPS) is 11.9. The Labute approximate surface area is 161 Å². The lowest BCUT2D eigenvalue weighted by molar-refractivity contribution is 0.0664. The Morgan fingerprint density at radius 1 is 1.04 bits per heavy atom. The molecule has 0 aliphatic rings. The Kier molecular flexibility index (Phi) is 4.41. The van der Waals surface area contributed by atoms with Crippen LogP contribution in [0.25, 0.3) is 21.7 Å². The zero-order chi connectivity index (χ0) is 19.9. The van der Waals surface area contributed by atoms with Crippen LogP contribution in [0.15, 0.2) is 70.0 Å². The number of carbonyl (C=O) groups is 1. The van der Waals surface area contributed by atoms with Crippen molar-refractivity contribution in [2.75, 3.05) is 0 Å². The molecule has 0 saturated carbocycles. The topological polar surface area (TPSA) is 96.6 Å². The molecule has 0 amide bonds. The highest BCUT2D eigenvalue weighted by Gasteiger charge is 2.20. The van der Waals surface area contributed by atoms with Crippen molar-refractivity contribution in [2.45, 2.75) is 18.4 Å². The van der Waals surface area contributed by atoms with Gasteiger partial charge < -0.3 is 9.52 Å². The highest BCUT2D eigenvalue weighted by atomic mass is 32.2. The molecule has 2 N–H and O–H groups in total. The minimum atomic E-state index is -3.79. The van der Waals surface area contributed by atoms with E-state index in [4.69, 9.17) is 9.52 Å². The molecule has 4 rings (SSSR count). The van der Waals surface area contributed by atoms with E-state index < -0.39 is 16.0 Å². The van der Waals surface area contributed by atoms with E-state index in [1.807, 2.05) is 42.5 Å². The number of furan rings is 1. The molecule has 0 radical (unpaired) electrons. The smallest absolute Gasteiger partial charge is 0.372 e. The maximum absolute atomic E-state index is 12.8. The highest BCUT2D eigenvalue weighted by molar-refractivity contribution is 7.89. The first kappa shape index (κ1) is 18.2. The fourth-order valence-electron chi connectivity index (χ4n) is 3.27. The summed E-state index contributed by atoms with van der Waals surface area (Å²) in [5.41, 5.74) is 1.60. The SMILES string of the molecule is Cc1c(C(=O)O)oc2ccc(S(=O)(=O)NCc3cccc4ccccc34)cc12. The highest BCUT2D eigenvalue weighted by Crippen LogP contribution is 2.28. The monoisotopic (exact) mass is 395 g/mol. The molecule has 1 heterocycles. The number of aryl methyl sites for hydroxylation is 1. The molecule has 0 atom stereocenters. The summed E-state index contributed by atoms with van der Waals surface area (Å²) < 4.78 is 33.5. The van der Waals surface area contributed by atoms with Crippen LogP contribution in [0, 0.1) is 6.92 Å². The van der Waals surface area contributed by atoms with Gasteiger partial charge in [0.05, 0.1) is 4.90 Å². The largest absolute Gasteiger partial charge is 0.475 e. The summed E-state index contributed by atoms with van der Waals surface area (Å²) in [5.74, 6) is -1.37. The molecular weight excluding hydrogens is 378 g/mol. The number of aromatic carboxylic acids is 1. The van der Waals surface area contributed by atoms with E-state index in [1.165, 1.54) is 18.2 Å². The van der Waals surface area contributed by atoms with Crippen LogP contribution < -0.4 is 4.72 Å². The summed E-state index contributed by atoms with van der Waals surface area (Å²) in [7, 11) is -3.79. The molecule has 0 aliphatic carbocycles. The number of fused-ring (bicyclic) bond motifs is 2. The second kappa shape index (κ2) is 6.78. The molecule has 0 fully saturated rings. The van der Waals surface area contributed by atoms with E-state index >= 15 is 0 Å². The molecule has 142 valence electrons. The molecule has 6 nitrogen and oxygen atoms in total. The zero-order valence-corrected chi connectivity index (χ0v) is 15.8. The number of hydrogen-bond donors (Lipinski definition) is 2. The summed E-state index contributed by atoms with van der Waals surface area (Å²) in [4.78, 5) is 11.3. The molecule has 7 heteroatoms. The lowest BCUT2D eigenvalue weighted by Gasteiger charge is -2.09. The second-order valence-electron chi connectivity index (χ2n) is 6.48. The van der Waals surface area contributed by atoms with Crippen LogP contribution in [0.5, 0.6) is 0 Å². The maximum atomic E-state index is 12.8. The summed E-state index contributed by atoms with van der Waals surface area (Å²) in [6.45, 7) is 1.74. The second-order valence-corrected chi connectivity index (χ2v) is 8.25. The van der Waals surface area contributed by atoms with Crippen LogP contribution in [0.1, 0.15) is 21.7 Å². The van der Waals surface area contributed by atoms with E-state index in [2.05, 4.69) is 4.72 Å². The lowest BCUT2D eigenvalue weighted by atomic mass is 10.1. The Bertz CT molecular complexity index is 1320. The fraction of sp³-hybridized carbons (Fsp3) is 0.0952. The first-order valence-corrected chi connectivity index (χ1v) is 10.1. The van der Waals surface area contributed by atoms with Gasteiger partial charge in [-0.1, -0.05) is 42.5 Å². The lowest BCUT2D eigenvalue weighted by Crippen LogP contribution is -2.23. The van der Waals surface area contributed by atoms with Crippen LogP contribution in [0.2, 0.25) is 0 Å². The van der Waals surface area contributed by atoms with Crippen LogP contribution in [0.4, 0.5) is 0 Å². The van der Waals surface area contributed by atoms with Gasteiger partial charge in [0.1, 0.15) is 5.58 Å². The standard InChI is InChI=1S/C21H17NO5S/c1-13-18-11-16(9-10-19(18)27-20(13)21(23)24)28(25,26)22-12-15-7-4-6-14-5-2-3-8-17(14)15/h2-11,22H,12H2,1H3,(H,23,24). The van der Waals surface area contributed by atoms with Crippen molar-refractivity contribution in [1.82, 2.24) is 4.72 Å². The third-order valence-electron chi connectivity index (χ3n) is 4.74. The number of hydrogen-bond acceptors (Lipinski definition) is 4. The fourth-order valence-corrected chi connectivity index (χ4v) is 4.31. The van der Waals surface area contributed by atoms with Gasteiger partial charge in [-0.15, -0.1) is 0 Å². The Morgan fingerprint density at radius 3 is 2.57 bits per heavy atom. The van der Waals surface area contributed by atoms with Gasteiger partial charge in [0.2, 0.25) is 15.8 Å². The van der Waals surface area contributed by atoms with E-state index in [0.717, 1.165) is 16.3 Å². The zero-order valence-electron chi connectivity index (χ0n) is 15.0. The van der Waals surface area contributed by atoms with Crippen LogP contribution in [-0.2, 0) is 16.6 Å². The minimum Gasteiger partial charge on any atom is -0.475 e. The average Bonchev–Trinajstić information content (AvgIpc) is 3.03. The Morgan fingerprint density at radius 2 is 1.79 bits per heavy atom. The first-order valence-electron chi connectivity index (χ1n) is 8.59. The van der Waals surface area contributed by atoms with Crippen molar-refractivity contribution in [3.8, 4) is 0 Å². The van der Waals surface area contributed by atoms with Gasteiger partial charge in [-0.2, -0.15) is 0 Å². The summed E-state index contributed by atoms with van der Waals surface area (Å²) >= 11 is 0. The van der Waals surface area contributed by atoms with Crippen molar-refractivity contribution < 1.29 is 22.7 Å². The van der Waals surface area contributed by atoms with E-state index in [1.54, 1.807) is 6.92 Å². The molecule has 0 bridgehead atoms. The third kappa shape index (κ3) is 3.15. The van der Waals surface area contributed by atoms with Gasteiger partial charge >= 0.3 is 5.97 Å². The summed E-state index contributed by atoms with van der Waals surface area (Å²) in [6, 6.07) is 17.8.